The van der Waals surface area contributed by atoms with Crippen molar-refractivity contribution >= 4 is 11.4 Å². The van der Waals surface area contributed by atoms with Crippen LogP contribution in [0.25, 0.3) is 11.1 Å². The first kappa shape index (κ1) is 20.5. The molecule has 0 saturated carbocycles. The van der Waals surface area contributed by atoms with Crippen molar-refractivity contribution in [2.24, 2.45) is 7.05 Å². The Kier molecular flexibility index (Phi) is 5.87. The smallest absolute Gasteiger partial charge is 0.311 e. The summed E-state index contributed by atoms with van der Waals surface area (Å²) in [5, 5.41) is 15.7. The zero-order valence-corrected chi connectivity index (χ0v) is 17.2. The number of nitro groups is 1. The number of aryl methyl sites for hydroxylation is 1. The number of hydrogen-bond acceptors (Lipinski definition) is 7. The maximum Gasteiger partial charge on any atom is 0.311 e. The van der Waals surface area contributed by atoms with Gasteiger partial charge in [0.1, 0.15) is 6.17 Å². The maximum atomic E-state index is 15.2. The molecule has 2 unspecified atom stereocenters. The number of halogens is 1. The molecule has 2 fully saturated rings. The van der Waals surface area contributed by atoms with Crippen molar-refractivity contribution in [1.82, 2.24) is 14.7 Å². The molecule has 2 aliphatic rings. The Balaban J connectivity index is 1.66. The highest BCUT2D eigenvalue weighted by molar-refractivity contribution is 5.82. The molecule has 30 heavy (non-hydrogen) atoms. The van der Waals surface area contributed by atoms with Crippen LogP contribution in [0.4, 0.5) is 15.8 Å². The number of ether oxygens (including phenoxy) is 2. The van der Waals surface area contributed by atoms with Crippen LogP contribution >= 0.6 is 0 Å². The first-order valence-electron chi connectivity index (χ1n) is 10.0. The van der Waals surface area contributed by atoms with Crippen LogP contribution in [-0.2, 0) is 11.8 Å². The second kappa shape index (κ2) is 8.57. The SMILES string of the molecule is COc1cc(N2CCC(N3CCOCC3)C(F)C2)c(-c2cnn(C)c2)cc1[N+](=O)[O-]. The lowest BCUT2D eigenvalue weighted by Crippen LogP contribution is -2.55. The molecule has 162 valence electrons. The number of nitro benzene ring substituents is 1. The summed E-state index contributed by atoms with van der Waals surface area (Å²) >= 11 is 0. The van der Waals surface area contributed by atoms with Gasteiger partial charge in [0.05, 0.1) is 38.0 Å². The number of hydrogen-bond donors (Lipinski definition) is 0. The summed E-state index contributed by atoms with van der Waals surface area (Å²) < 4.78 is 27.5. The third kappa shape index (κ3) is 3.97. The fourth-order valence-corrected chi connectivity index (χ4v) is 4.35. The van der Waals surface area contributed by atoms with Gasteiger partial charge in [0, 0.05) is 67.9 Å². The molecule has 0 spiro atoms. The lowest BCUT2D eigenvalue weighted by Gasteiger charge is -2.43. The normalized spacial score (nSPS) is 22.8. The molecule has 3 heterocycles. The lowest BCUT2D eigenvalue weighted by atomic mass is 9.97. The maximum absolute atomic E-state index is 15.2. The van der Waals surface area contributed by atoms with E-state index in [1.54, 1.807) is 30.2 Å². The molecular formula is C20H26FN5O4. The second-order valence-corrected chi connectivity index (χ2v) is 7.67. The standard InChI is InChI=1S/C20H26FN5O4/c1-23-12-14(11-22-23)15-9-19(26(27)28)20(29-2)10-18(15)25-4-3-17(16(21)13-25)24-5-7-30-8-6-24/h9-12,16-17H,3-8,13H2,1-2H3. The molecule has 10 heteroatoms. The van der Waals surface area contributed by atoms with E-state index < -0.39 is 11.1 Å². The van der Waals surface area contributed by atoms with Crippen molar-refractivity contribution in [2.45, 2.75) is 18.6 Å². The minimum Gasteiger partial charge on any atom is -0.490 e. The number of benzene rings is 1. The second-order valence-electron chi connectivity index (χ2n) is 7.67. The average Bonchev–Trinajstić information content (AvgIpc) is 3.19. The van der Waals surface area contributed by atoms with E-state index in [4.69, 9.17) is 9.47 Å². The van der Waals surface area contributed by atoms with E-state index in [2.05, 4.69) is 10.00 Å². The van der Waals surface area contributed by atoms with Crippen LogP contribution in [-0.4, -0.2) is 78.3 Å². The molecule has 0 N–H and O–H groups in total. The van der Waals surface area contributed by atoms with Gasteiger partial charge in [-0.25, -0.2) is 4.39 Å². The lowest BCUT2D eigenvalue weighted by molar-refractivity contribution is -0.385. The van der Waals surface area contributed by atoms with Crippen LogP contribution in [0, 0.1) is 10.1 Å². The van der Waals surface area contributed by atoms with Crippen molar-refractivity contribution in [3.05, 3.63) is 34.6 Å². The highest BCUT2D eigenvalue weighted by atomic mass is 19.1. The van der Waals surface area contributed by atoms with Crippen LogP contribution in [0.1, 0.15) is 6.42 Å². The topological polar surface area (TPSA) is 85.9 Å². The minimum absolute atomic E-state index is 0.125. The molecule has 1 aromatic heterocycles. The van der Waals surface area contributed by atoms with Crippen LogP contribution in [0.5, 0.6) is 5.75 Å². The van der Waals surface area contributed by atoms with Crippen molar-refractivity contribution in [3.8, 4) is 16.9 Å². The Morgan fingerprint density at radius 2 is 2.07 bits per heavy atom. The van der Waals surface area contributed by atoms with Crippen molar-refractivity contribution < 1.29 is 18.8 Å². The summed E-state index contributed by atoms with van der Waals surface area (Å²) in [6.45, 7) is 3.64. The highest BCUT2D eigenvalue weighted by Gasteiger charge is 2.35. The number of aromatic nitrogens is 2. The van der Waals surface area contributed by atoms with E-state index in [-0.39, 0.29) is 24.0 Å². The summed E-state index contributed by atoms with van der Waals surface area (Å²) in [6, 6.07) is 3.00. The number of nitrogens with zero attached hydrogens (tertiary/aromatic N) is 5. The molecule has 9 nitrogen and oxygen atoms in total. The quantitative estimate of drug-likeness (QED) is 0.543. The molecule has 2 atom stereocenters. The number of alkyl halides is 1. The summed E-state index contributed by atoms with van der Waals surface area (Å²) in [6.07, 6.45) is 3.09. The van der Waals surface area contributed by atoms with Gasteiger partial charge in [-0.15, -0.1) is 0 Å². The molecule has 0 aliphatic carbocycles. The first-order valence-corrected chi connectivity index (χ1v) is 10.0. The predicted octanol–water partition coefficient (Wildman–Crippen LogP) is 2.25. The van der Waals surface area contributed by atoms with Gasteiger partial charge >= 0.3 is 5.69 Å². The van der Waals surface area contributed by atoms with Crippen LogP contribution in [0.2, 0.25) is 0 Å². The van der Waals surface area contributed by atoms with Gasteiger partial charge in [-0.1, -0.05) is 0 Å². The van der Waals surface area contributed by atoms with E-state index in [1.165, 1.54) is 13.2 Å². The van der Waals surface area contributed by atoms with Gasteiger partial charge in [-0.05, 0) is 6.42 Å². The highest BCUT2D eigenvalue weighted by Crippen LogP contribution is 2.41. The van der Waals surface area contributed by atoms with Gasteiger partial charge in [-0.2, -0.15) is 5.10 Å². The summed E-state index contributed by atoms with van der Waals surface area (Å²) in [7, 11) is 3.19. The van der Waals surface area contributed by atoms with Crippen LogP contribution in [0.3, 0.4) is 0 Å². The van der Waals surface area contributed by atoms with Gasteiger partial charge in [0.15, 0.2) is 5.75 Å². The Morgan fingerprint density at radius 1 is 1.30 bits per heavy atom. The average molecular weight is 419 g/mol. The van der Waals surface area contributed by atoms with E-state index in [0.717, 1.165) is 18.7 Å². The van der Waals surface area contributed by atoms with Gasteiger partial charge in [-0.3, -0.25) is 19.7 Å². The molecule has 0 bridgehead atoms. The van der Waals surface area contributed by atoms with E-state index >= 15 is 4.39 Å². The molecule has 2 aromatic rings. The Hall–Kier alpha value is -2.72. The Bertz CT molecular complexity index is 915. The summed E-state index contributed by atoms with van der Waals surface area (Å²) in [5.41, 5.74) is 1.98. The first-order chi connectivity index (χ1) is 14.5. The third-order valence-electron chi connectivity index (χ3n) is 5.87. The zero-order valence-electron chi connectivity index (χ0n) is 17.2. The fraction of sp³-hybridized carbons (Fsp3) is 0.550. The zero-order chi connectivity index (χ0) is 21.3. The molecule has 0 radical (unpaired) electrons. The van der Waals surface area contributed by atoms with Crippen LogP contribution < -0.4 is 9.64 Å². The minimum atomic E-state index is -1.03. The molecule has 1 aromatic carbocycles. The third-order valence-corrected chi connectivity index (χ3v) is 5.87. The van der Waals surface area contributed by atoms with Crippen molar-refractivity contribution in [1.29, 1.82) is 0 Å². The van der Waals surface area contributed by atoms with Gasteiger partial charge in [0.25, 0.3) is 0 Å². The Labute approximate surface area is 174 Å². The largest absolute Gasteiger partial charge is 0.490 e. The number of piperidine rings is 1. The fourth-order valence-electron chi connectivity index (χ4n) is 4.35. The van der Waals surface area contributed by atoms with Gasteiger partial charge < -0.3 is 14.4 Å². The van der Waals surface area contributed by atoms with Crippen LogP contribution in [0.15, 0.2) is 24.5 Å². The van der Waals surface area contributed by atoms with E-state index in [9.17, 15) is 10.1 Å². The number of morpholine rings is 1. The van der Waals surface area contributed by atoms with Crippen molar-refractivity contribution in [2.75, 3.05) is 51.4 Å². The summed E-state index contributed by atoms with van der Waals surface area (Å²) in [5.74, 6) is 0.161. The molecule has 2 saturated heterocycles. The Morgan fingerprint density at radius 3 is 2.67 bits per heavy atom. The monoisotopic (exact) mass is 419 g/mol. The van der Waals surface area contributed by atoms with E-state index in [0.29, 0.717) is 37.4 Å². The predicted molar refractivity (Wildman–Crippen MR) is 110 cm³/mol. The van der Waals surface area contributed by atoms with E-state index in [1.807, 2.05) is 4.90 Å². The number of rotatable bonds is 5. The molecule has 2 aliphatic heterocycles. The molecular weight excluding hydrogens is 393 g/mol. The summed E-state index contributed by atoms with van der Waals surface area (Å²) in [4.78, 5) is 15.2. The molecule has 4 rings (SSSR count). The number of methoxy groups -OCH3 is 1. The number of anilines is 1. The van der Waals surface area contributed by atoms with Gasteiger partial charge in [0.2, 0.25) is 0 Å². The molecule has 0 amide bonds. The van der Waals surface area contributed by atoms with Crippen molar-refractivity contribution in [3.63, 3.8) is 0 Å².